The molecule has 1 heterocycles. The molecule has 1 aromatic carbocycles. The highest BCUT2D eigenvalue weighted by molar-refractivity contribution is 5.97. The quantitative estimate of drug-likeness (QED) is 0.870. The summed E-state index contributed by atoms with van der Waals surface area (Å²) in [6, 6.07) is 7.59. The van der Waals surface area contributed by atoms with Gasteiger partial charge in [-0.25, -0.2) is 0 Å². The van der Waals surface area contributed by atoms with Gasteiger partial charge in [0.1, 0.15) is 0 Å². The van der Waals surface area contributed by atoms with Crippen LogP contribution in [-0.4, -0.2) is 30.1 Å². The van der Waals surface area contributed by atoms with Crippen molar-refractivity contribution in [2.45, 2.75) is 19.4 Å². The number of nitrogens with one attached hydrogen (secondary N) is 2. The second kappa shape index (κ2) is 4.82. The van der Waals surface area contributed by atoms with Gasteiger partial charge in [-0.05, 0) is 37.4 Å². The summed E-state index contributed by atoms with van der Waals surface area (Å²) in [5, 5.41) is 3.97. The molecule has 0 aliphatic heterocycles. The Morgan fingerprint density at radius 1 is 1.39 bits per heavy atom. The maximum absolute atomic E-state index is 12.0. The Labute approximate surface area is 106 Å². The number of carbonyl (C=O) groups is 1. The third-order valence-electron chi connectivity index (χ3n) is 3.04. The molecule has 4 heteroatoms. The number of carbonyl (C=O) groups excluding carboxylic acids is 1. The van der Waals surface area contributed by atoms with E-state index in [0.29, 0.717) is 12.1 Å². The van der Waals surface area contributed by atoms with Crippen molar-refractivity contribution in [3.8, 4) is 0 Å². The van der Waals surface area contributed by atoms with Crippen LogP contribution in [0.3, 0.4) is 0 Å². The van der Waals surface area contributed by atoms with Gasteiger partial charge in [-0.1, -0.05) is 6.07 Å². The average Bonchev–Trinajstić information content (AvgIpc) is 2.83. The normalized spacial score (nSPS) is 11.7. The summed E-state index contributed by atoms with van der Waals surface area (Å²) in [5.74, 6) is -0.0865. The molecule has 0 aliphatic rings. The molecule has 0 unspecified atom stereocenters. The fourth-order valence-corrected chi connectivity index (χ4v) is 1.66. The van der Waals surface area contributed by atoms with Crippen molar-refractivity contribution in [2.24, 2.45) is 0 Å². The number of fused-ring (bicyclic) bond motifs is 1. The van der Waals surface area contributed by atoms with Crippen molar-refractivity contribution in [3.63, 3.8) is 0 Å². The predicted octanol–water partition coefficient (Wildman–Crippen LogP) is 2.32. The largest absolute Gasteiger partial charge is 0.377 e. The number of hydrogen-bond donors (Lipinski definition) is 2. The fraction of sp³-hybridized carbons (Fsp3) is 0.357. The molecule has 1 aromatic heterocycles. The summed E-state index contributed by atoms with van der Waals surface area (Å²) in [6.07, 6.45) is 1.86. The van der Waals surface area contributed by atoms with Crippen molar-refractivity contribution in [1.29, 1.82) is 0 Å². The Morgan fingerprint density at radius 2 is 2.17 bits per heavy atom. The monoisotopic (exact) mass is 246 g/mol. The van der Waals surface area contributed by atoms with Crippen LogP contribution < -0.4 is 5.32 Å². The minimum atomic E-state index is -0.355. The van der Waals surface area contributed by atoms with Crippen LogP contribution in [0.5, 0.6) is 0 Å². The summed E-state index contributed by atoms with van der Waals surface area (Å²) < 4.78 is 5.26. The summed E-state index contributed by atoms with van der Waals surface area (Å²) in [5.41, 5.74) is 1.26. The van der Waals surface area contributed by atoms with E-state index in [1.807, 2.05) is 44.3 Å². The average molecular weight is 246 g/mol. The highest BCUT2D eigenvalue weighted by atomic mass is 16.5. The van der Waals surface area contributed by atoms with Gasteiger partial charge < -0.3 is 15.0 Å². The molecule has 1 amide bonds. The van der Waals surface area contributed by atoms with Crippen molar-refractivity contribution < 1.29 is 9.53 Å². The van der Waals surface area contributed by atoms with E-state index in [2.05, 4.69) is 10.3 Å². The van der Waals surface area contributed by atoms with E-state index in [9.17, 15) is 4.79 Å². The van der Waals surface area contributed by atoms with Crippen LogP contribution in [0, 0.1) is 0 Å². The Morgan fingerprint density at radius 3 is 2.89 bits per heavy atom. The molecular formula is C14H18N2O2. The van der Waals surface area contributed by atoms with E-state index in [-0.39, 0.29) is 11.5 Å². The second-order valence-electron chi connectivity index (χ2n) is 4.93. The first-order valence-electron chi connectivity index (χ1n) is 5.92. The smallest absolute Gasteiger partial charge is 0.251 e. The lowest BCUT2D eigenvalue weighted by atomic mass is 10.1. The predicted molar refractivity (Wildman–Crippen MR) is 71.7 cm³/mol. The Kier molecular flexibility index (Phi) is 3.39. The van der Waals surface area contributed by atoms with Crippen LogP contribution in [-0.2, 0) is 4.74 Å². The zero-order valence-corrected chi connectivity index (χ0v) is 10.9. The molecule has 0 bridgehead atoms. The minimum absolute atomic E-state index is 0.0865. The molecule has 2 aromatic rings. The molecule has 0 spiro atoms. The van der Waals surface area contributed by atoms with Crippen molar-refractivity contribution in [1.82, 2.24) is 10.3 Å². The Balaban J connectivity index is 2.08. The van der Waals surface area contributed by atoms with Crippen molar-refractivity contribution >= 4 is 16.8 Å². The van der Waals surface area contributed by atoms with E-state index in [1.165, 1.54) is 0 Å². The van der Waals surface area contributed by atoms with Crippen LogP contribution >= 0.6 is 0 Å². The number of aromatic nitrogens is 1. The molecule has 0 radical (unpaired) electrons. The number of methoxy groups -OCH3 is 1. The van der Waals surface area contributed by atoms with Crippen LogP contribution in [0.2, 0.25) is 0 Å². The summed E-state index contributed by atoms with van der Waals surface area (Å²) in [7, 11) is 1.64. The maximum atomic E-state index is 12.0. The van der Waals surface area contributed by atoms with Crippen LogP contribution in [0.1, 0.15) is 24.2 Å². The summed E-state index contributed by atoms with van der Waals surface area (Å²) in [4.78, 5) is 15.1. The third-order valence-corrected chi connectivity index (χ3v) is 3.04. The van der Waals surface area contributed by atoms with E-state index in [4.69, 9.17) is 4.74 Å². The standard InChI is InChI=1S/C14H18N2O2/c1-14(2,18-3)9-16-13(17)11-5-4-10-6-7-15-12(10)8-11/h4-8,15H,9H2,1-3H3,(H,16,17). The number of aromatic amines is 1. The van der Waals surface area contributed by atoms with E-state index >= 15 is 0 Å². The highest BCUT2D eigenvalue weighted by Gasteiger charge is 2.17. The van der Waals surface area contributed by atoms with Crippen LogP contribution in [0.15, 0.2) is 30.5 Å². The number of benzene rings is 1. The number of rotatable bonds is 4. The molecule has 2 N–H and O–H groups in total. The number of ether oxygens (including phenoxy) is 1. The molecule has 0 fully saturated rings. The molecule has 18 heavy (non-hydrogen) atoms. The molecule has 0 aliphatic carbocycles. The Bertz CT molecular complexity index is 558. The topological polar surface area (TPSA) is 54.1 Å². The molecule has 4 nitrogen and oxygen atoms in total. The zero-order valence-electron chi connectivity index (χ0n) is 10.9. The molecule has 0 atom stereocenters. The number of hydrogen-bond acceptors (Lipinski definition) is 2. The molecule has 0 saturated heterocycles. The van der Waals surface area contributed by atoms with E-state index in [1.54, 1.807) is 7.11 Å². The van der Waals surface area contributed by atoms with Crippen molar-refractivity contribution in [3.05, 3.63) is 36.0 Å². The van der Waals surface area contributed by atoms with E-state index in [0.717, 1.165) is 10.9 Å². The van der Waals surface area contributed by atoms with Gasteiger partial charge in [-0.2, -0.15) is 0 Å². The molecular weight excluding hydrogens is 228 g/mol. The minimum Gasteiger partial charge on any atom is -0.377 e. The fourth-order valence-electron chi connectivity index (χ4n) is 1.66. The van der Waals surface area contributed by atoms with Gasteiger partial charge in [0.2, 0.25) is 0 Å². The van der Waals surface area contributed by atoms with Gasteiger partial charge in [-0.3, -0.25) is 4.79 Å². The number of H-pyrrole nitrogens is 1. The lowest BCUT2D eigenvalue weighted by molar-refractivity contribution is 0.0229. The highest BCUT2D eigenvalue weighted by Crippen LogP contribution is 2.14. The van der Waals surface area contributed by atoms with Crippen molar-refractivity contribution in [2.75, 3.05) is 13.7 Å². The first-order valence-corrected chi connectivity index (χ1v) is 5.92. The third kappa shape index (κ3) is 2.71. The van der Waals surface area contributed by atoms with Crippen LogP contribution in [0.4, 0.5) is 0 Å². The van der Waals surface area contributed by atoms with Gasteiger partial charge in [0.05, 0.1) is 5.60 Å². The van der Waals surface area contributed by atoms with Gasteiger partial charge in [0, 0.05) is 30.9 Å². The van der Waals surface area contributed by atoms with E-state index < -0.39 is 0 Å². The maximum Gasteiger partial charge on any atom is 0.251 e. The number of amides is 1. The lowest BCUT2D eigenvalue weighted by Gasteiger charge is -2.23. The van der Waals surface area contributed by atoms with Gasteiger partial charge in [0.25, 0.3) is 5.91 Å². The van der Waals surface area contributed by atoms with Gasteiger partial charge >= 0.3 is 0 Å². The first-order chi connectivity index (χ1) is 8.52. The summed E-state index contributed by atoms with van der Waals surface area (Å²) >= 11 is 0. The second-order valence-corrected chi connectivity index (χ2v) is 4.93. The Hall–Kier alpha value is -1.81. The van der Waals surface area contributed by atoms with Gasteiger partial charge in [-0.15, -0.1) is 0 Å². The zero-order chi connectivity index (χ0) is 13.2. The SMILES string of the molecule is COC(C)(C)CNC(=O)c1ccc2cc[nH]c2c1. The molecule has 96 valence electrons. The molecule has 0 saturated carbocycles. The lowest BCUT2D eigenvalue weighted by Crippen LogP contribution is -2.39. The summed E-state index contributed by atoms with van der Waals surface area (Å²) in [6.45, 7) is 4.34. The van der Waals surface area contributed by atoms with Crippen LogP contribution in [0.25, 0.3) is 10.9 Å². The van der Waals surface area contributed by atoms with Gasteiger partial charge in [0.15, 0.2) is 0 Å². The molecule has 2 rings (SSSR count). The first kappa shape index (κ1) is 12.6.